The molecule has 0 unspecified atom stereocenters. The van der Waals surface area contributed by atoms with Crippen LogP contribution in [0.2, 0.25) is 5.02 Å². The summed E-state index contributed by atoms with van der Waals surface area (Å²) in [5, 5.41) is 1.28. The molecule has 0 N–H and O–H groups in total. The Kier molecular flexibility index (Phi) is 10.7. The number of fused-ring (bicyclic) bond motifs is 4. The van der Waals surface area contributed by atoms with Crippen molar-refractivity contribution in [3.8, 4) is 0 Å². The van der Waals surface area contributed by atoms with Crippen LogP contribution in [0.3, 0.4) is 0 Å². The van der Waals surface area contributed by atoms with Crippen molar-refractivity contribution in [3.63, 3.8) is 0 Å². The zero-order valence-corrected chi connectivity index (χ0v) is 31.9. The third-order valence-corrected chi connectivity index (χ3v) is 10.1. The van der Waals surface area contributed by atoms with Gasteiger partial charge in [0.1, 0.15) is 0 Å². The average Bonchev–Trinajstić information content (AvgIpc) is 4.03. The summed E-state index contributed by atoms with van der Waals surface area (Å²) in [5.41, 5.74) is 15.3. The quantitative estimate of drug-likeness (QED) is 0.132. The van der Waals surface area contributed by atoms with Crippen LogP contribution in [-0.2, 0) is 18.3 Å². The zero-order chi connectivity index (χ0) is 36.7. The predicted octanol–water partition coefficient (Wildman–Crippen LogP) is 11.8. The first-order chi connectivity index (χ1) is 26.7. The molecule has 4 aromatic carbocycles. The van der Waals surface area contributed by atoms with E-state index in [-0.39, 0.29) is 0 Å². The topological polar surface area (TPSA) is 49.4 Å². The Hall–Kier alpha value is -5.90. The Bertz CT molecular complexity index is 2450. The summed E-state index contributed by atoms with van der Waals surface area (Å²) in [6.45, 7) is 2.22. The molecule has 4 nitrogen and oxygen atoms in total. The second-order valence-corrected chi connectivity index (χ2v) is 14.2. The fourth-order valence-corrected chi connectivity index (χ4v) is 7.40. The van der Waals surface area contributed by atoms with Gasteiger partial charge in [0.25, 0.3) is 0 Å². The number of allylic oxidation sites excluding steroid dienone is 12. The van der Waals surface area contributed by atoms with Crippen LogP contribution in [0.1, 0.15) is 48.4 Å². The van der Waals surface area contributed by atoms with E-state index in [4.69, 9.17) is 20.0 Å². The normalized spacial score (nSPS) is 16.9. The summed E-state index contributed by atoms with van der Waals surface area (Å²) in [5.74, 6) is 0. The first-order valence-corrected chi connectivity index (χ1v) is 19.7. The van der Waals surface area contributed by atoms with Crippen molar-refractivity contribution in [2.24, 2.45) is 20.0 Å². The summed E-state index contributed by atoms with van der Waals surface area (Å²) < 4.78 is 0. The summed E-state index contributed by atoms with van der Waals surface area (Å²) in [4.78, 5) is 20.8. The van der Waals surface area contributed by atoms with Gasteiger partial charge in [0.15, 0.2) is 0 Å². The molecule has 4 aromatic rings. The van der Waals surface area contributed by atoms with Crippen molar-refractivity contribution in [1.82, 2.24) is 0 Å². The van der Waals surface area contributed by atoms with Gasteiger partial charge in [-0.2, -0.15) is 0 Å². The second kappa shape index (κ2) is 16.4. The minimum atomic E-state index is 0.839. The molecule has 0 aromatic heterocycles. The molecule has 263 valence electrons. The van der Waals surface area contributed by atoms with Crippen molar-refractivity contribution >= 4 is 45.1 Å². The molecule has 0 aliphatic carbocycles. The molecule has 0 atom stereocenters. The third kappa shape index (κ3) is 7.60. The molecule has 5 heterocycles. The van der Waals surface area contributed by atoms with Gasteiger partial charge in [0, 0.05) is 22.3 Å². The Morgan fingerprint density at radius 2 is 0.944 bits per heavy atom. The van der Waals surface area contributed by atoms with Gasteiger partial charge in [0.2, 0.25) is 0 Å². The van der Waals surface area contributed by atoms with Gasteiger partial charge in [-0.05, 0) is 70.9 Å². The zero-order valence-electron chi connectivity index (χ0n) is 30.1. The molecule has 0 radical (unpaired) electrons. The van der Waals surface area contributed by atoms with Gasteiger partial charge in [-0.3, -0.25) is 0 Å². The number of benzene rings is 4. The molecule has 5 heteroatoms. The van der Waals surface area contributed by atoms with Crippen LogP contribution in [0.5, 0.6) is 0 Å². The van der Waals surface area contributed by atoms with Gasteiger partial charge in [-0.1, -0.05) is 121 Å². The molecule has 0 spiro atoms. The van der Waals surface area contributed by atoms with Crippen molar-refractivity contribution in [3.05, 3.63) is 215 Å². The molecule has 0 saturated heterocycles. The summed E-state index contributed by atoms with van der Waals surface area (Å²) >= 11 is 2.65. The van der Waals surface area contributed by atoms with Gasteiger partial charge >= 0.3 is 49.5 Å². The molecule has 5 aliphatic rings. The summed E-state index contributed by atoms with van der Waals surface area (Å²) in [6, 6.07) is 42.1. The first kappa shape index (κ1) is 35.1. The third-order valence-electron chi connectivity index (χ3n) is 9.48. The van der Waals surface area contributed by atoms with Gasteiger partial charge in [-0.25, -0.2) is 20.0 Å². The average molecular weight is 785 g/mol. The number of hydrogen-bond acceptors (Lipinski definition) is 4. The fourth-order valence-electron chi connectivity index (χ4n) is 6.97. The molecule has 54 heavy (non-hydrogen) atoms. The van der Waals surface area contributed by atoms with Crippen molar-refractivity contribution in [1.29, 1.82) is 0 Å². The number of hydrogen-bond donors (Lipinski definition) is 0. The number of rotatable bonds is 7. The van der Waals surface area contributed by atoms with Crippen LogP contribution in [0.25, 0.3) is 22.3 Å². The van der Waals surface area contributed by atoms with Crippen LogP contribution in [0, 0.1) is 0 Å². The van der Waals surface area contributed by atoms with Crippen LogP contribution < -0.4 is 0 Å². The van der Waals surface area contributed by atoms with Gasteiger partial charge in [-0.15, -0.1) is 0 Å². The van der Waals surface area contributed by atoms with E-state index in [1.807, 2.05) is 36.4 Å². The number of nitrogens with zero attached hydrogens (tertiary/aromatic N) is 4. The Morgan fingerprint density at radius 3 is 1.48 bits per heavy atom. The van der Waals surface area contributed by atoms with Crippen LogP contribution in [0.4, 0.5) is 0 Å². The standard InChI is InChI=1S/C44H28N4.C5H11.Ru/c1-5-13-29(14-6-1)38-27-37-26-35-22-21-33(45-35)25-34-23-24-36(46-34)28-39-40(30-15-7-2-8-16-30)41(31-17-9-3-10-18-31)44(48-39)42(43(38)47-37)32-19-11-4-12-20-32;1-3-5-4-2;/h1-28H;1,3-5H2,2H3;. The van der Waals surface area contributed by atoms with E-state index in [0.29, 0.717) is 0 Å². The minimum absolute atomic E-state index is 0.839. The van der Waals surface area contributed by atoms with E-state index in [2.05, 4.69) is 159 Å². The molecule has 9 rings (SSSR count). The predicted molar refractivity (Wildman–Crippen MR) is 224 cm³/mol. The molecular formula is C49H39N4Ru. The second-order valence-electron chi connectivity index (χ2n) is 13.3. The van der Waals surface area contributed by atoms with Crippen molar-refractivity contribution in [2.75, 3.05) is 0 Å². The Labute approximate surface area is 328 Å². The van der Waals surface area contributed by atoms with Crippen molar-refractivity contribution < 1.29 is 18.3 Å². The molecule has 5 aliphatic heterocycles. The maximum absolute atomic E-state index is 5.56. The summed E-state index contributed by atoms with van der Waals surface area (Å²) in [7, 11) is 0. The maximum atomic E-state index is 5.56. The van der Waals surface area contributed by atoms with E-state index in [0.717, 1.165) is 90.2 Å². The monoisotopic (exact) mass is 785 g/mol. The SMILES string of the molecule is C1=CC2=NC1=CC1=NC(=C(c3ccccc3)C3=NC(=CC4=NC(=C2)C=C4)C=C3c2ccccc2)C(c2ccccc2)=C1c1ccccc1.CCCC[CH2][Ru]. The Morgan fingerprint density at radius 1 is 0.444 bits per heavy atom. The fraction of sp³-hybridized carbons (Fsp3) is 0.102. The number of aliphatic imine (C=N–C) groups is 4. The van der Waals surface area contributed by atoms with E-state index in [9.17, 15) is 0 Å². The summed E-state index contributed by atoms with van der Waals surface area (Å²) in [6.07, 6.45) is 20.6. The first-order valence-electron chi connectivity index (χ1n) is 18.5. The van der Waals surface area contributed by atoms with E-state index >= 15 is 0 Å². The van der Waals surface area contributed by atoms with E-state index < -0.39 is 0 Å². The van der Waals surface area contributed by atoms with Gasteiger partial charge < -0.3 is 0 Å². The molecule has 0 saturated carbocycles. The van der Waals surface area contributed by atoms with Crippen LogP contribution in [0.15, 0.2) is 213 Å². The molecular weight excluding hydrogens is 746 g/mol. The molecule has 8 bridgehead atoms. The van der Waals surface area contributed by atoms with Crippen LogP contribution in [-0.4, -0.2) is 22.8 Å². The number of unbranched alkanes of at least 4 members (excludes halogenated alkanes) is 2. The van der Waals surface area contributed by atoms with E-state index in [1.54, 1.807) is 0 Å². The molecule has 0 fully saturated rings. The van der Waals surface area contributed by atoms with Gasteiger partial charge in [0.05, 0.1) is 45.6 Å². The Balaban J connectivity index is 0.000000640. The van der Waals surface area contributed by atoms with E-state index in [1.165, 1.54) is 24.3 Å². The van der Waals surface area contributed by atoms with Crippen LogP contribution >= 0.6 is 0 Å². The molecule has 0 amide bonds. The van der Waals surface area contributed by atoms with Crippen molar-refractivity contribution in [2.45, 2.75) is 31.2 Å².